The number of hydrogen-bond donors (Lipinski definition) is 3. The van der Waals surface area contributed by atoms with Gasteiger partial charge in [-0.3, -0.25) is 0 Å². The van der Waals surface area contributed by atoms with Gasteiger partial charge in [0.1, 0.15) is 5.82 Å². The van der Waals surface area contributed by atoms with E-state index in [1.54, 1.807) is 6.07 Å². The van der Waals surface area contributed by atoms with Crippen LogP contribution in [0.25, 0.3) is 0 Å². The standard InChI is InChI=1S/C16H13FN2O2.CH4O/c17-14-6-5-10(7-13(14)16(20)21)8-15-12-4-2-1-3-11(12)9-18-19-15;1-2/h1-7,18H,8-9H2,(H,20,21);2H,1H3. The van der Waals surface area contributed by atoms with Crippen LogP contribution < -0.4 is 5.43 Å². The molecule has 5 nitrogen and oxygen atoms in total. The largest absolute Gasteiger partial charge is 0.478 e. The first kappa shape index (κ1) is 16.6. The second-order valence-corrected chi connectivity index (χ2v) is 4.85. The second kappa shape index (κ2) is 7.51. The van der Waals surface area contributed by atoms with E-state index < -0.39 is 11.8 Å². The van der Waals surface area contributed by atoms with Gasteiger partial charge in [-0.2, -0.15) is 5.10 Å². The molecule has 23 heavy (non-hydrogen) atoms. The summed E-state index contributed by atoms with van der Waals surface area (Å²) in [4.78, 5) is 11.0. The molecule has 1 aliphatic heterocycles. The van der Waals surface area contributed by atoms with E-state index >= 15 is 0 Å². The molecule has 1 heterocycles. The molecule has 1 aliphatic rings. The van der Waals surface area contributed by atoms with Gasteiger partial charge >= 0.3 is 5.97 Å². The Morgan fingerprint density at radius 1 is 1.26 bits per heavy atom. The normalized spacial score (nSPS) is 12.2. The fourth-order valence-corrected chi connectivity index (χ4v) is 2.41. The van der Waals surface area contributed by atoms with Gasteiger partial charge in [-0.25, -0.2) is 9.18 Å². The average Bonchev–Trinajstić information content (AvgIpc) is 2.58. The van der Waals surface area contributed by atoms with E-state index in [9.17, 15) is 9.18 Å². The summed E-state index contributed by atoms with van der Waals surface area (Å²) in [6.07, 6.45) is 0.449. The Hall–Kier alpha value is -2.73. The maximum atomic E-state index is 13.4. The molecular formula is C17H17FN2O3. The number of aliphatic hydroxyl groups is 1. The Labute approximate surface area is 133 Å². The van der Waals surface area contributed by atoms with Crippen LogP contribution >= 0.6 is 0 Å². The van der Waals surface area contributed by atoms with Crippen molar-refractivity contribution in [2.75, 3.05) is 7.11 Å². The van der Waals surface area contributed by atoms with Gasteiger partial charge < -0.3 is 15.6 Å². The molecule has 0 spiro atoms. The van der Waals surface area contributed by atoms with E-state index in [0.29, 0.717) is 18.5 Å². The molecule has 0 atom stereocenters. The third-order valence-electron chi connectivity index (χ3n) is 3.44. The van der Waals surface area contributed by atoms with Crippen LogP contribution in [0.1, 0.15) is 27.0 Å². The number of halogens is 1. The van der Waals surface area contributed by atoms with Crippen LogP contribution in [0.5, 0.6) is 0 Å². The molecule has 0 unspecified atom stereocenters. The monoisotopic (exact) mass is 316 g/mol. The summed E-state index contributed by atoms with van der Waals surface area (Å²) in [6.45, 7) is 0.670. The lowest BCUT2D eigenvalue weighted by Crippen LogP contribution is -2.21. The maximum Gasteiger partial charge on any atom is 0.338 e. The molecule has 0 aromatic heterocycles. The van der Waals surface area contributed by atoms with Gasteiger partial charge in [0.2, 0.25) is 0 Å². The SMILES string of the molecule is CO.O=C(O)c1cc(CC2=NNCc3ccccc32)ccc1F. The fraction of sp³-hybridized carbons (Fsp3) is 0.176. The number of hydrogen-bond acceptors (Lipinski definition) is 4. The highest BCUT2D eigenvalue weighted by Crippen LogP contribution is 2.18. The molecular weight excluding hydrogens is 299 g/mol. The molecule has 6 heteroatoms. The number of aromatic carboxylic acids is 1. The van der Waals surface area contributed by atoms with Crippen molar-refractivity contribution in [3.05, 3.63) is 70.5 Å². The number of carboxylic acid groups (broad SMARTS) is 1. The number of carboxylic acids is 1. The Balaban J connectivity index is 0.000000924. The Kier molecular flexibility index (Phi) is 5.43. The first-order valence-corrected chi connectivity index (χ1v) is 6.99. The van der Waals surface area contributed by atoms with Crippen molar-refractivity contribution in [2.24, 2.45) is 5.10 Å². The van der Waals surface area contributed by atoms with Crippen molar-refractivity contribution in [2.45, 2.75) is 13.0 Å². The van der Waals surface area contributed by atoms with Gasteiger partial charge in [0.15, 0.2) is 0 Å². The Morgan fingerprint density at radius 2 is 2.00 bits per heavy atom. The number of carbonyl (C=O) groups is 1. The summed E-state index contributed by atoms with van der Waals surface area (Å²) in [6, 6.07) is 12.0. The van der Waals surface area contributed by atoms with Crippen LogP contribution in [0.4, 0.5) is 4.39 Å². The van der Waals surface area contributed by atoms with Crippen LogP contribution in [0, 0.1) is 5.82 Å². The van der Waals surface area contributed by atoms with Crippen molar-refractivity contribution in [3.63, 3.8) is 0 Å². The van der Waals surface area contributed by atoms with Crippen LogP contribution in [0.2, 0.25) is 0 Å². The van der Waals surface area contributed by atoms with Crippen molar-refractivity contribution in [3.8, 4) is 0 Å². The summed E-state index contributed by atoms with van der Waals surface area (Å²) >= 11 is 0. The van der Waals surface area contributed by atoms with Crippen molar-refractivity contribution >= 4 is 11.7 Å². The molecule has 120 valence electrons. The average molecular weight is 316 g/mol. The number of benzene rings is 2. The predicted octanol–water partition coefficient (Wildman–Crippen LogP) is 2.18. The van der Waals surface area contributed by atoms with Crippen molar-refractivity contribution < 1.29 is 19.4 Å². The molecule has 0 aliphatic carbocycles. The smallest absolute Gasteiger partial charge is 0.338 e. The van der Waals surface area contributed by atoms with Gasteiger partial charge in [0.25, 0.3) is 0 Å². The fourth-order valence-electron chi connectivity index (χ4n) is 2.41. The summed E-state index contributed by atoms with van der Waals surface area (Å²) in [7, 11) is 1.00. The first-order valence-electron chi connectivity index (χ1n) is 6.99. The lowest BCUT2D eigenvalue weighted by Gasteiger charge is -2.17. The Bertz CT molecular complexity index is 744. The van der Waals surface area contributed by atoms with Gasteiger partial charge in [0, 0.05) is 19.1 Å². The zero-order valence-corrected chi connectivity index (χ0v) is 12.6. The highest BCUT2D eigenvalue weighted by molar-refractivity contribution is 6.03. The van der Waals surface area contributed by atoms with E-state index in [1.807, 2.05) is 24.3 Å². The van der Waals surface area contributed by atoms with Gasteiger partial charge in [0.05, 0.1) is 17.8 Å². The molecule has 3 rings (SSSR count). The molecule has 0 saturated heterocycles. The van der Waals surface area contributed by atoms with Gasteiger partial charge in [-0.15, -0.1) is 0 Å². The lowest BCUT2D eigenvalue weighted by atomic mass is 9.96. The molecule has 0 fully saturated rings. The van der Waals surface area contributed by atoms with E-state index in [0.717, 1.165) is 23.9 Å². The van der Waals surface area contributed by atoms with Gasteiger partial charge in [-0.05, 0) is 23.3 Å². The second-order valence-electron chi connectivity index (χ2n) is 4.85. The van der Waals surface area contributed by atoms with Crippen molar-refractivity contribution in [1.82, 2.24) is 5.43 Å². The number of rotatable bonds is 3. The zero-order chi connectivity index (χ0) is 16.8. The molecule has 0 saturated carbocycles. The van der Waals surface area contributed by atoms with E-state index in [4.69, 9.17) is 10.2 Å². The molecule has 3 N–H and O–H groups in total. The lowest BCUT2D eigenvalue weighted by molar-refractivity contribution is 0.0691. The molecule has 0 amide bonds. The zero-order valence-electron chi connectivity index (χ0n) is 12.6. The van der Waals surface area contributed by atoms with E-state index in [1.165, 1.54) is 12.1 Å². The highest BCUT2D eigenvalue weighted by Gasteiger charge is 2.16. The number of nitrogens with zero attached hydrogens (tertiary/aromatic N) is 1. The van der Waals surface area contributed by atoms with Gasteiger partial charge in [-0.1, -0.05) is 30.3 Å². The number of fused-ring (bicyclic) bond motifs is 1. The molecule has 2 aromatic rings. The summed E-state index contributed by atoms with van der Waals surface area (Å²) in [5, 5.41) is 20.3. The third-order valence-corrected chi connectivity index (χ3v) is 3.44. The van der Waals surface area contributed by atoms with Crippen LogP contribution in [0.15, 0.2) is 47.6 Å². The first-order chi connectivity index (χ1) is 11.1. The van der Waals surface area contributed by atoms with Crippen LogP contribution in [0.3, 0.4) is 0 Å². The third kappa shape index (κ3) is 3.73. The Morgan fingerprint density at radius 3 is 2.74 bits per heavy atom. The molecule has 2 aromatic carbocycles. The summed E-state index contributed by atoms with van der Waals surface area (Å²) in [5.41, 5.74) is 6.36. The molecule has 0 bridgehead atoms. The van der Waals surface area contributed by atoms with E-state index in [-0.39, 0.29) is 5.56 Å². The number of nitrogens with one attached hydrogen (secondary N) is 1. The quantitative estimate of drug-likeness (QED) is 0.810. The van der Waals surface area contributed by atoms with Crippen molar-refractivity contribution in [1.29, 1.82) is 0 Å². The minimum absolute atomic E-state index is 0.315. The topological polar surface area (TPSA) is 81.9 Å². The minimum Gasteiger partial charge on any atom is -0.478 e. The maximum absolute atomic E-state index is 13.4. The number of hydrazone groups is 1. The van der Waals surface area contributed by atoms with E-state index in [2.05, 4.69) is 10.5 Å². The van der Waals surface area contributed by atoms with Crippen LogP contribution in [-0.4, -0.2) is 29.0 Å². The van der Waals surface area contributed by atoms with Crippen LogP contribution in [-0.2, 0) is 13.0 Å². The molecule has 0 radical (unpaired) electrons. The number of aliphatic hydroxyl groups excluding tert-OH is 1. The highest BCUT2D eigenvalue weighted by atomic mass is 19.1. The predicted molar refractivity (Wildman–Crippen MR) is 85.0 cm³/mol. The minimum atomic E-state index is -1.27. The summed E-state index contributed by atoms with van der Waals surface area (Å²) < 4.78 is 13.4. The summed E-state index contributed by atoms with van der Waals surface area (Å²) in [5.74, 6) is -1.99.